The molecule has 3 nitrogen and oxygen atoms in total. The molecule has 1 N–H and O–H groups in total. The first-order valence-electron chi connectivity index (χ1n) is 12.6. The molecule has 2 spiro atoms. The molecule has 1 saturated heterocycles. The SMILES string of the molecule is CC(C)CC=C[C@@H](C)[C@H]1CC[C@@H]2[C@]1(C)CC[C@H]1[C@]23C=C[C@]2(C[C@@H](O)CC[C@]12C)OO3. The van der Waals surface area contributed by atoms with Gasteiger partial charge in [0.2, 0.25) is 0 Å². The quantitative estimate of drug-likeness (QED) is 0.438. The molecule has 6 aliphatic rings. The number of aliphatic hydroxyl groups is 1. The number of allylic oxidation sites excluding steroid dienone is 2. The van der Waals surface area contributed by atoms with Gasteiger partial charge in [0.15, 0.2) is 0 Å². The first kappa shape index (κ1) is 21.2. The number of hydrogen-bond acceptors (Lipinski definition) is 3. The van der Waals surface area contributed by atoms with E-state index in [2.05, 4.69) is 58.9 Å². The minimum atomic E-state index is -0.435. The van der Waals surface area contributed by atoms with E-state index in [1.165, 1.54) is 32.1 Å². The van der Waals surface area contributed by atoms with Gasteiger partial charge in [-0.25, -0.2) is 9.78 Å². The summed E-state index contributed by atoms with van der Waals surface area (Å²) >= 11 is 0. The van der Waals surface area contributed by atoms with Crippen molar-refractivity contribution in [3.05, 3.63) is 24.3 Å². The van der Waals surface area contributed by atoms with Crippen LogP contribution in [0.15, 0.2) is 24.3 Å². The van der Waals surface area contributed by atoms with Crippen LogP contribution in [-0.2, 0) is 9.78 Å². The molecule has 4 aliphatic carbocycles. The fourth-order valence-electron chi connectivity index (χ4n) is 8.70. The maximum atomic E-state index is 10.4. The topological polar surface area (TPSA) is 38.7 Å². The number of hydrogen-bond donors (Lipinski definition) is 1. The largest absolute Gasteiger partial charge is 0.393 e. The van der Waals surface area contributed by atoms with Crippen LogP contribution < -0.4 is 0 Å². The summed E-state index contributed by atoms with van der Waals surface area (Å²) in [6.07, 6.45) is 18.1. The highest BCUT2D eigenvalue weighted by atomic mass is 17.2. The summed E-state index contributed by atoms with van der Waals surface area (Å²) in [5.74, 6) is 3.08. The molecule has 6 rings (SSSR count). The van der Waals surface area contributed by atoms with Crippen molar-refractivity contribution < 1.29 is 14.9 Å². The zero-order valence-electron chi connectivity index (χ0n) is 19.7. The van der Waals surface area contributed by atoms with Crippen molar-refractivity contribution in [2.24, 2.45) is 40.4 Å². The van der Waals surface area contributed by atoms with E-state index in [1.54, 1.807) is 0 Å². The molecular weight excluding hydrogens is 372 g/mol. The molecule has 0 aromatic rings. The molecule has 0 aromatic carbocycles. The molecule has 3 heteroatoms. The van der Waals surface area contributed by atoms with Crippen molar-refractivity contribution >= 4 is 0 Å². The molecule has 2 heterocycles. The molecule has 0 amide bonds. The number of rotatable bonds is 4. The van der Waals surface area contributed by atoms with Gasteiger partial charge in [0.05, 0.1) is 6.10 Å². The lowest BCUT2D eigenvalue weighted by Gasteiger charge is -2.69. The Morgan fingerprint density at radius 2 is 1.80 bits per heavy atom. The van der Waals surface area contributed by atoms with Gasteiger partial charge in [-0.05, 0) is 74.2 Å². The molecule has 4 fully saturated rings. The van der Waals surface area contributed by atoms with E-state index < -0.39 is 5.60 Å². The summed E-state index contributed by atoms with van der Waals surface area (Å²) in [5, 5.41) is 10.4. The van der Waals surface area contributed by atoms with Gasteiger partial charge in [-0.3, -0.25) is 0 Å². The third kappa shape index (κ3) is 2.67. The van der Waals surface area contributed by atoms with Crippen LogP contribution >= 0.6 is 0 Å². The van der Waals surface area contributed by atoms with Gasteiger partial charge in [0.25, 0.3) is 0 Å². The average Bonchev–Trinajstić information content (AvgIpc) is 3.05. The van der Waals surface area contributed by atoms with E-state index in [9.17, 15) is 5.11 Å². The second-order valence-corrected chi connectivity index (χ2v) is 12.3. The molecule has 0 radical (unpaired) electrons. The maximum Gasteiger partial charge on any atom is 0.130 e. The summed E-state index contributed by atoms with van der Waals surface area (Å²) in [7, 11) is 0. The van der Waals surface area contributed by atoms with E-state index in [0.29, 0.717) is 35.5 Å². The van der Waals surface area contributed by atoms with Crippen molar-refractivity contribution in [3.8, 4) is 0 Å². The predicted molar refractivity (Wildman–Crippen MR) is 120 cm³/mol. The van der Waals surface area contributed by atoms with Gasteiger partial charge in [-0.2, -0.15) is 0 Å². The second kappa shape index (κ2) is 6.93. The zero-order chi connectivity index (χ0) is 21.4. The Hall–Kier alpha value is -0.640. The first-order chi connectivity index (χ1) is 14.2. The summed E-state index contributed by atoms with van der Waals surface area (Å²) < 4.78 is 0. The van der Waals surface area contributed by atoms with Gasteiger partial charge in [0, 0.05) is 23.7 Å². The van der Waals surface area contributed by atoms with Crippen molar-refractivity contribution in [3.63, 3.8) is 0 Å². The Morgan fingerprint density at radius 1 is 1.00 bits per heavy atom. The van der Waals surface area contributed by atoms with E-state index in [1.807, 2.05) is 0 Å². The Labute approximate surface area is 183 Å². The average molecular weight is 415 g/mol. The summed E-state index contributed by atoms with van der Waals surface area (Å²) in [6.45, 7) is 12.0. The molecular formula is C27H42O3. The summed E-state index contributed by atoms with van der Waals surface area (Å²) in [4.78, 5) is 12.7. The van der Waals surface area contributed by atoms with Crippen LogP contribution in [0.4, 0.5) is 0 Å². The maximum absolute atomic E-state index is 10.4. The minimum absolute atomic E-state index is 0.0709. The third-order valence-electron chi connectivity index (χ3n) is 10.4. The minimum Gasteiger partial charge on any atom is -0.393 e. The van der Waals surface area contributed by atoms with Gasteiger partial charge in [-0.15, -0.1) is 0 Å². The van der Waals surface area contributed by atoms with E-state index in [0.717, 1.165) is 18.8 Å². The summed E-state index contributed by atoms with van der Waals surface area (Å²) in [6, 6.07) is 0. The molecule has 2 bridgehead atoms. The second-order valence-electron chi connectivity index (χ2n) is 12.3. The van der Waals surface area contributed by atoms with Crippen LogP contribution in [0.3, 0.4) is 0 Å². The lowest BCUT2D eigenvalue weighted by molar-refractivity contribution is -0.497. The smallest absolute Gasteiger partial charge is 0.130 e. The van der Waals surface area contributed by atoms with Crippen LogP contribution in [0.1, 0.15) is 86.0 Å². The lowest BCUT2D eigenvalue weighted by Crippen LogP contribution is -2.73. The fourth-order valence-corrected chi connectivity index (χ4v) is 8.70. The van der Waals surface area contributed by atoms with Gasteiger partial charge in [-0.1, -0.05) is 52.8 Å². The van der Waals surface area contributed by atoms with Crippen LogP contribution in [0.25, 0.3) is 0 Å². The van der Waals surface area contributed by atoms with Crippen molar-refractivity contribution in [2.75, 3.05) is 0 Å². The highest BCUT2D eigenvalue weighted by Gasteiger charge is 2.74. The number of fused-ring (bicyclic) bond motifs is 2. The van der Waals surface area contributed by atoms with Gasteiger partial charge < -0.3 is 5.11 Å². The highest BCUT2D eigenvalue weighted by Crippen LogP contribution is 2.72. The molecule has 9 atom stereocenters. The third-order valence-corrected chi connectivity index (χ3v) is 10.4. The van der Waals surface area contributed by atoms with Crippen LogP contribution in [0.2, 0.25) is 0 Å². The van der Waals surface area contributed by atoms with E-state index in [4.69, 9.17) is 9.78 Å². The number of aliphatic hydroxyl groups excluding tert-OH is 1. The van der Waals surface area contributed by atoms with Crippen LogP contribution in [-0.4, -0.2) is 22.4 Å². The fraction of sp³-hybridized carbons (Fsp3) is 0.852. The predicted octanol–water partition coefficient (Wildman–Crippen LogP) is 6.23. The van der Waals surface area contributed by atoms with E-state index >= 15 is 0 Å². The van der Waals surface area contributed by atoms with Gasteiger partial charge in [0.1, 0.15) is 11.2 Å². The summed E-state index contributed by atoms with van der Waals surface area (Å²) in [5.41, 5.74) is -0.341. The Bertz CT molecular complexity index is 742. The Balaban J connectivity index is 1.46. The monoisotopic (exact) mass is 414 g/mol. The van der Waals surface area contributed by atoms with Crippen molar-refractivity contribution in [2.45, 2.75) is 103 Å². The normalized spacial score (nSPS) is 53.0. The molecule has 30 heavy (non-hydrogen) atoms. The van der Waals surface area contributed by atoms with Crippen LogP contribution in [0.5, 0.6) is 0 Å². The Morgan fingerprint density at radius 3 is 2.50 bits per heavy atom. The Kier molecular flexibility index (Phi) is 4.90. The van der Waals surface area contributed by atoms with Crippen molar-refractivity contribution in [1.29, 1.82) is 0 Å². The first-order valence-corrected chi connectivity index (χ1v) is 12.6. The van der Waals surface area contributed by atoms with Crippen LogP contribution in [0, 0.1) is 40.4 Å². The molecule has 2 aliphatic heterocycles. The zero-order valence-corrected chi connectivity index (χ0v) is 19.7. The highest BCUT2D eigenvalue weighted by molar-refractivity contribution is 5.33. The molecule has 168 valence electrons. The van der Waals surface area contributed by atoms with Gasteiger partial charge >= 0.3 is 0 Å². The molecule has 3 saturated carbocycles. The lowest BCUT2D eigenvalue weighted by atomic mass is 9.43. The molecule has 0 aromatic heterocycles. The standard InChI is InChI=1S/C27H42O3/c1-18(2)7-6-8-19(3)21-9-10-22-24(21,4)13-12-23-25(5)14-11-20(28)17-26(25)15-16-27(22,23)30-29-26/h6,8,15-16,18-23,28H,7,9-14,17H2,1-5H3/t19-,20+,21-,22-,23-,24-,25-,26-,27+/m1/s1. The van der Waals surface area contributed by atoms with E-state index in [-0.39, 0.29) is 17.1 Å². The van der Waals surface area contributed by atoms with Crippen molar-refractivity contribution in [1.82, 2.24) is 0 Å². The molecule has 0 unspecified atom stereocenters.